The van der Waals surface area contributed by atoms with E-state index in [1.807, 2.05) is 18.3 Å². The molecule has 2 aliphatic heterocycles. The molecule has 1 aliphatic carbocycles. The van der Waals surface area contributed by atoms with Crippen LogP contribution in [0.5, 0.6) is 5.75 Å². The number of methoxy groups -OCH3 is 1. The Balaban J connectivity index is 1.30. The highest BCUT2D eigenvalue weighted by Crippen LogP contribution is 2.42. The molecule has 176 valence electrons. The van der Waals surface area contributed by atoms with Crippen LogP contribution in [0.15, 0.2) is 23.5 Å². The largest absolute Gasteiger partial charge is 0.495 e. The van der Waals surface area contributed by atoms with Gasteiger partial charge in [0.05, 0.1) is 36.9 Å². The van der Waals surface area contributed by atoms with Crippen molar-refractivity contribution in [2.45, 2.75) is 38.0 Å². The average Bonchev–Trinajstić information content (AvgIpc) is 3.54. The zero-order valence-corrected chi connectivity index (χ0v) is 19.5. The number of aliphatic hydroxyl groups is 2. The number of β-amino-alcohol motifs (C(OH)–C–C–N with tert-alkyl or cyclic N) is 2. The Morgan fingerprint density at radius 2 is 2.06 bits per heavy atom. The lowest BCUT2D eigenvalue weighted by molar-refractivity contribution is -0.135. The van der Waals surface area contributed by atoms with E-state index >= 15 is 0 Å². The third-order valence-corrected chi connectivity index (χ3v) is 8.13. The van der Waals surface area contributed by atoms with Crippen molar-refractivity contribution in [3.05, 3.63) is 40.0 Å². The molecule has 1 amide bonds. The highest BCUT2D eigenvalue weighted by molar-refractivity contribution is 7.19. The van der Waals surface area contributed by atoms with Crippen LogP contribution in [0.2, 0.25) is 0 Å². The van der Waals surface area contributed by atoms with Crippen LogP contribution in [0.25, 0.3) is 10.2 Å². The molecule has 0 radical (unpaired) electrons. The lowest BCUT2D eigenvalue weighted by atomic mass is 9.87. The number of aryl methyl sites for hydroxylation is 1. The second-order valence-electron chi connectivity index (χ2n) is 9.07. The van der Waals surface area contributed by atoms with Crippen LogP contribution < -0.4 is 10.1 Å². The minimum Gasteiger partial charge on any atom is -0.495 e. The van der Waals surface area contributed by atoms with Crippen molar-refractivity contribution in [3.8, 4) is 5.75 Å². The molecule has 1 fully saturated rings. The molecular weight excluding hydrogens is 454 g/mol. The van der Waals surface area contributed by atoms with Crippen molar-refractivity contribution in [1.82, 2.24) is 14.9 Å². The van der Waals surface area contributed by atoms with E-state index < -0.39 is 12.2 Å². The van der Waals surface area contributed by atoms with Gasteiger partial charge in [-0.05, 0) is 48.1 Å². The maximum atomic E-state index is 13.0. The molecule has 6 rings (SSSR count). The summed E-state index contributed by atoms with van der Waals surface area (Å²) in [6.45, 7) is 1.06. The van der Waals surface area contributed by atoms with Gasteiger partial charge in [0, 0.05) is 30.1 Å². The smallest absolute Gasteiger partial charge is 0.226 e. The first-order valence-corrected chi connectivity index (χ1v) is 12.2. The number of aromatic nitrogens is 2. The quantitative estimate of drug-likeness (QED) is 0.524. The molecule has 1 saturated heterocycles. The average molecular weight is 480 g/mol. The van der Waals surface area contributed by atoms with Gasteiger partial charge in [0.25, 0.3) is 0 Å². The van der Waals surface area contributed by atoms with E-state index in [0.29, 0.717) is 19.4 Å². The Kier molecular flexibility index (Phi) is 5.23. The highest BCUT2D eigenvalue weighted by Gasteiger charge is 2.37. The first-order valence-electron chi connectivity index (χ1n) is 11.4. The van der Waals surface area contributed by atoms with Crippen molar-refractivity contribution in [3.63, 3.8) is 0 Å². The number of carbonyl (C=O) groups excluding carboxylic acids is 1. The van der Waals surface area contributed by atoms with E-state index in [4.69, 9.17) is 4.74 Å². The molecule has 0 saturated carbocycles. The SMILES string of the molecule is COc1cc2c(cc1Nc1ncnc3sc4c(c13)CCC(C(=O)N1C[C@@H](O)[C@H](O)C1)C4)C=NC2. The molecule has 3 aromatic rings. The molecule has 34 heavy (non-hydrogen) atoms. The van der Waals surface area contributed by atoms with E-state index in [1.165, 1.54) is 5.56 Å². The van der Waals surface area contributed by atoms with Gasteiger partial charge in [-0.15, -0.1) is 11.3 Å². The molecule has 3 aliphatic rings. The normalized spacial score (nSPS) is 23.3. The Morgan fingerprint density at radius 3 is 2.85 bits per heavy atom. The van der Waals surface area contributed by atoms with Gasteiger partial charge < -0.3 is 25.2 Å². The van der Waals surface area contributed by atoms with Crippen LogP contribution >= 0.6 is 11.3 Å². The third-order valence-electron chi connectivity index (χ3n) is 6.97. The van der Waals surface area contributed by atoms with Gasteiger partial charge in [-0.25, -0.2) is 9.97 Å². The summed E-state index contributed by atoms with van der Waals surface area (Å²) in [4.78, 5) is 30.1. The lowest BCUT2D eigenvalue weighted by Crippen LogP contribution is -2.37. The summed E-state index contributed by atoms with van der Waals surface area (Å²) in [5.41, 5.74) is 4.22. The number of anilines is 2. The number of nitrogens with zero attached hydrogens (tertiary/aromatic N) is 4. The first kappa shape index (κ1) is 21.5. The fourth-order valence-electron chi connectivity index (χ4n) is 5.16. The van der Waals surface area contributed by atoms with E-state index in [1.54, 1.807) is 29.7 Å². The predicted molar refractivity (Wildman–Crippen MR) is 129 cm³/mol. The standard InChI is InChI=1S/C24H25N5O4S/c1-33-19-5-14-8-25-7-13(14)4-16(19)28-22-21-15-3-2-12(6-20(15)34-23(21)27-11-26-22)24(32)29-9-17(30)18(31)10-29/h4-5,7,11-12,17-18,30-31H,2-3,6,8-10H2,1H3,(H,26,27,28)/t12?,17-,18-/m1/s1. The van der Waals surface area contributed by atoms with Crippen molar-refractivity contribution in [1.29, 1.82) is 0 Å². The van der Waals surface area contributed by atoms with Crippen LogP contribution in [0, 0.1) is 5.92 Å². The molecule has 1 aromatic carbocycles. The number of aliphatic hydroxyl groups excluding tert-OH is 2. The Morgan fingerprint density at radius 1 is 1.24 bits per heavy atom. The van der Waals surface area contributed by atoms with E-state index in [2.05, 4.69) is 20.3 Å². The zero-order chi connectivity index (χ0) is 23.4. The molecular formula is C24H25N5O4S. The Labute approximate surface area is 200 Å². The summed E-state index contributed by atoms with van der Waals surface area (Å²) in [5.74, 6) is 1.32. The number of ether oxygens (including phenoxy) is 1. The van der Waals surface area contributed by atoms with Crippen LogP contribution in [0.3, 0.4) is 0 Å². The number of thiophene rings is 1. The Bertz CT molecular complexity index is 1310. The molecule has 3 atom stereocenters. The van der Waals surface area contributed by atoms with E-state index in [0.717, 1.165) is 49.9 Å². The molecule has 0 spiro atoms. The maximum Gasteiger partial charge on any atom is 0.226 e. The summed E-state index contributed by atoms with van der Waals surface area (Å²) in [5, 5.41) is 24.1. The molecule has 4 heterocycles. The fourth-order valence-corrected chi connectivity index (χ4v) is 6.42. The number of hydrogen-bond acceptors (Lipinski definition) is 9. The first-order chi connectivity index (χ1) is 16.5. The highest BCUT2D eigenvalue weighted by atomic mass is 32.1. The molecule has 0 bridgehead atoms. The van der Waals surface area contributed by atoms with Crippen molar-refractivity contribution in [2.24, 2.45) is 10.9 Å². The van der Waals surface area contributed by atoms with Gasteiger partial charge in [0.1, 0.15) is 22.7 Å². The lowest BCUT2D eigenvalue weighted by Gasteiger charge is -2.26. The fraction of sp³-hybridized carbons (Fsp3) is 0.417. The topological polar surface area (TPSA) is 120 Å². The zero-order valence-electron chi connectivity index (χ0n) is 18.7. The van der Waals surface area contributed by atoms with E-state index in [9.17, 15) is 15.0 Å². The maximum absolute atomic E-state index is 13.0. The number of benzene rings is 1. The number of aliphatic imine (C=N–C) groups is 1. The molecule has 10 heteroatoms. The third kappa shape index (κ3) is 3.53. The molecule has 2 aromatic heterocycles. The summed E-state index contributed by atoms with van der Waals surface area (Å²) < 4.78 is 5.62. The second-order valence-corrected chi connectivity index (χ2v) is 10.2. The number of likely N-dealkylation sites (tertiary alicyclic amines) is 1. The van der Waals surface area contributed by atoms with Gasteiger partial charge in [-0.2, -0.15) is 0 Å². The van der Waals surface area contributed by atoms with E-state index in [-0.39, 0.29) is 24.9 Å². The van der Waals surface area contributed by atoms with Crippen molar-refractivity contribution >= 4 is 45.2 Å². The number of amides is 1. The van der Waals surface area contributed by atoms with Crippen LogP contribution in [0.1, 0.15) is 28.0 Å². The molecule has 9 nitrogen and oxygen atoms in total. The number of carbonyl (C=O) groups is 1. The van der Waals surface area contributed by atoms with Crippen molar-refractivity contribution in [2.75, 3.05) is 25.5 Å². The predicted octanol–water partition coefficient (Wildman–Crippen LogP) is 2.04. The van der Waals surface area contributed by atoms with Gasteiger partial charge in [0.2, 0.25) is 5.91 Å². The summed E-state index contributed by atoms with van der Waals surface area (Å²) >= 11 is 1.61. The minimum absolute atomic E-state index is 0.00711. The summed E-state index contributed by atoms with van der Waals surface area (Å²) in [7, 11) is 1.65. The number of rotatable bonds is 4. The minimum atomic E-state index is -0.862. The van der Waals surface area contributed by atoms with Crippen LogP contribution in [-0.4, -0.2) is 69.6 Å². The van der Waals surface area contributed by atoms with Crippen molar-refractivity contribution < 1.29 is 19.7 Å². The number of fused-ring (bicyclic) bond motifs is 4. The van der Waals surface area contributed by atoms with Crippen LogP contribution in [-0.2, 0) is 24.2 Å². The molecule has 1 unspecified atom stereocenters. The molecule has 3 N–H and O–H groups in total. The van der Waals surface area contributed by atoms with Gasteiger partial charge in [-0.3, -0.25) is 9.79 Å². The Hall–Kier alpha value is -3.08. The summed E-state index contributed by atoms with van der Waals surface area (Å²) in [6, 6.07) is 4.04. The van der Waals surface area contributed by atoms with Gasteiger partial charge in [-0.1, -0.05) is 0 Å². The number of hydrogen-bond donors (Lipinski definition) is 3. The van der Waals surface area contributed by atoms with Gasteiger partial charge in [0.15, 0.2) is 0 Å². The number of nitrogens with one attached hydrogen (secondary N) is 1. The van der Waals surface area contributed by atoms with Crippen LogP contribution in [0.4, 0.5) is 11.5 Å². The van der Waals surface area contributed by atoms with Gasteiger partial charge >= 0.3 is 0 Å². The summed E-state index contributed by atoms with van der Waals surface area (Å²) in [6.07, 6.45) is 3.81. The second kappa shape index (κ2) is 8.30. The monoisotopic (exact) mass is 479 g/mol.